The quantitative estimate of drug-likeness (QED) is 0.284. The molecule has 1 aromatic rings. The van der Waals surface area contributed by atoms with Gasteiger partial charge in [0.15, 0.2) is 5.96 Å². The Balaban J connectivity index is 0.00000341. The standard InChI is InChI=1S/C24H41N5O.HI/c1-4-21(5-2)23(28-13-15-30-16-14-28)18-27-24(25-3)26-17-20-11-12-29(19-20)22-9-7-6-8-10-22;/h6-10,20-21,23H,4-5,11-19H2,1-3H3,(H2,25,26,27);1H. The number of ether oxygens (including phenoxy) is 1. The molecule has 2 N–H and O–H groups in total. The minimum Gasteiger partial charge on any atom is -0.379 e. The molecule has 0 bridgehead atoms. The average molecular weight is 544 g/mol. The van der Waals surface area contributed by atoms with Crippen LogP contribution in [-0.2, 0) is 4.74 Å². The molecule has 2 atom stereocenters. The first-order valence-electron chi connectivity index (χ1n) is 11.8. The van der Waals surface area contributed by atoms with Crippen molar-refractivity contribution in [1.29, 1.82) is 0 Å². The summed E-state index contributed by atoms with van der Waals surface area (Å²) in [6.07, 6.45) is 3.65. The van der Waals surface area contributed by atoms with Gasteiger partial charge in [-0.2, -0.15) is 0 Å². The Kier molecular flexibility index (Phi) is 12.0. The van der Waals surface area contributed by atoms with Crippen molar-refractivity contribution in [1.82, 2.24) is 15.5 Å². The molecule has 31 heavy (non-hydrogen) atoms. The SMILES string of the molecule is CCC(CC)C(CNC(=NC)NCC1CCN(c2ccccc2)C1)N1CCOCC1.I. The molecule has 2 unspecified atom stereocenters. The maximum absolute atomic E-state index is 5.58. The molecule has 3 rings (SSSR count). The second-order valence-electron chi connectivity index (χ2n) is 8.56. The number of anilines is 1. The maximum Gasteiger partial charge on any atom is 0.191 e. The summed E-state index contributed by atoms with van der Waals surface area (Å²) in [4.78, 5) is 9.59. The van der Waals surface area contributed by atoms with E-state index in [4.69, 9.17) is 4.74 Å². The first-order chi connectivity index (χ1) is 14.7. The summed E-state index contributed by atoms with van der Waals surface area (Å²) in [7, 11) is 1.88. The second kappa shape index (κ2) is 14.2. The highest BCUT2D eigenvalue weighted by Crippen LogP contribution is 2.23. The lowest BCUT2D eigenvalue weighted by molar-refractivity contribution is 0.00272. The number of hydrogen-bond acceptors (Lipinski definition) is 4. The fourth-order valence-electron chi connectivity index (χ4n) is 4.87. The van der Waals surface area contributed by atoms with E-state index >= 15 is 0 Å². The number of hydrogen-bond donors (Lipinski definition) is 2. The van der Waals surface area contributed by atoms with E-state index in [1.165, 1.54) is 24.9 Å². The first-order valence-corrected chi connectivity index (χ1v) is 11.8. The van der Waals surface area contributed by atoms with Gasteiger partial charge in [-0.05, 0) is 30.4 Å². The summed E-state index contributed by atoms with van der Waals surface area (Å²) in [6.45, 7) is 12.5. The number of morpholine rings is 1. The van der Waals surface area contributed by atoms with Gasteiger partial charge in [-0.3, -0.25) is 9.89 Å². The summed E-state index contributed by atoms with van der Waals surface area (Å²) in [5.74, 6) is 2.28. The van der Waals surface area contributed by atoms with E-state index in [0.29, 0.717) is 17.9 Å². The van der Waals surface area contributed by atoms with Crippen LogP contribution in [0.2, 0.25) is 0 Å². The molecule has 0 amide bonds. The Morgan fingerprint density at radius 1 is 1.10 bits per heavy atom. The Bertz CT molecular complexity index is 634. The summed E-state index contributed by atoms with van der Waals surface area (Å²) < 4.78 is 5.58. The molecule has 176 valence electrons. The Morgan fingerprint density at radius 3 is 2.45 bits per heavy atom. The molecule has 7 heteroatoms. The third-order valence-electron chi connectivity index (χ3n) is 6.78. The zero-order valence-electron chi connectivity index (χ0n) is 19.6. The van der Waals surface area contributed by atoms with Gasteiger partial charge >= 0.3 is 0 Å². The van der Waals surface area contributed by atoms with Gasteiger partial charge in [0, 0.05) is 58.0 Å². The lowest BCUT2D eigenvalue weighted by Gasteiger charge is -2.39. The van der Waals surface area contributed by atoms with Crippen molar-refractivity contribution in [2.24, 2.45) is 16.8 Å². The number of guanidine groups is 1. The number of para-hydroxylation sites is 1. The highest BCUT2D eigenvalue weighted by Gasteiger charge is 2.27. The number of nitrogens with zero attached hydrogens (tertiary/aromatic N) is 3. The van der Waals surface area contributed by atoms with Gasteiger partial charge < -0.3 is 20.3 Å². The minimum absolute atomic E-state index is 0. The number of benzene rings is 1. The lowest BCUT2D eigenvalue weighted by Crippen LogP contribution is -2.53. The fourth-order valence-corrected chi connectivity index (χ4v) is 4.87. The molecule has 2 fully saturated rings. The smallest absolute Gasteiger partial charge is 0.191 e. The van der Waals surface area contributed by atoms with Crippen LogP contribution < -0.4 is 15.5 Å². The van der Waals surface area contributed by atoms with Gasteiger partial charge in [0.1, 0.15) is 0 Å². The Morgan fingerprint density at radius 2 is 1.81 bits per heavy atom. The third-order valence-corrected chi connectivity index (χ3v) is 6.78. The van der Waals surface area contributed by atoms with E-state index in [0.717, 1.165) is 58.4 Å². The van der Waals surface area contributed by atoms with Crippen LogP contribution in [0.1, 0.15) is 33.1 Å². The van der Waals surface area contributed by atoms with Crippen LogP contribution >= 0.6 is 24.0 Å². The average Bonchev–Trinajstić information content (AvgIpc) is 3.29. The molecule has 2 aliphatic heterocycles. The Hall–Kier alpha value is -1.06. The molecule has 0 radical (unpaired) electrons. The molecule has 6 nitrogen and oxygen atoms in total. The van der Waals surface area contributed by atoms with Crippen molar-refractivity contribution in [2.75, 3.05) is 64.4 Å². The molecule has 0 aliphatic carbocycles. The molecule has 2 heterocycles. The topological polar surface area (TPSA) is 52.1 Å². The van der Waals surface area contributed by atoms with E-state index in [2.05, 4.69) is 69.6 Å². The van der Waals surface area contributed by atoms with Crippen molar-refractivity contribution in [3.8, 4) is 0 Å². The largest absolute Gasteiger partial charge is 0.379 e. The van der Waals surface area contributed by atoms with Crippen LogP contribution in [0.4, 0.5) is 5.69 Å². The predicted molar refractivity (Wildman–Crippen MR) is 142 cm³/mol. The van der Waals surface area contributed by atoms with Gasteiger partial charge in [-0.25, -0.2) is 0 Å². The summed E-state index contributed by atoms with van der Waals surface area (Å²) >= 11 is 0. The van der Waals surface area contributed by atoms with Crippen molar-refractivity contribution in [3.63, 3.8) is 0 Å². The van der Waals surface area contributed by atoms with Crippen molar-refractivity contribution < 1.29 is 4.74 Å². The molecular weight excluding hydrogens is 501 g/mol. The van der Waals surface area contributed by atoms with E-state index < -0.39 is 0 Å². The van der Waals surface area contributed by atoms with Crippen molar-refractivity contribution in [3.05, 3.63) is 30.3 Å². The van der Waals surface area contributed by atoms with Crippen LogP contribution in [0.15, 0.2) is 35.3 Å². The molecule has 0 saturated carbocycles. The van der Waals surface area contributed by atoms with Gasteiger partial charge in [-0.15, -0.1) is 24.0 Å². The van der Waals surface area contributed by atoms with Crippen molar-refractivity contribution >= 4 is 35.6 Å². The van der Waals surface area contributed by atoms with E-state index in [1.807, 2.05) is 7.05 Å². The molecule has 1 aromatic carbocycles. The highest BCUT2D eigenvalue weighted by molar-refractivity contribution is 14.0. The molecule has 2 aliphatic rings. The fraction of sp³-hybridized carbons (Fsp3) is 0.708. The monoisotopic (exact) mass is 543 g/mol. The highest BCUT2D eigenvalue weighted by atomic mass is 127. The van der Waals surface area contributed by atoms with E-state index in [9.17, 15) is 0 Å². The number of aliphatic imine (C=N–C) groups is 1. The van der Waals surface area contributed by atoms with Crippen LogP contribution in [0, 0.1) is 11.8 Å². The maximum atomic E-state index is 5.58. The predicted octanol–water partition coefficient (Wildman–Crippen LogP) is 3.43. The lowest BCUT2D eigenvalue weighted by atomic mass is 9.92. The van der Waals surface area contributed by atoms with Gasteiger partial charge in [0.05, 0.1) is 13.2 Å². The molecule has 0 aromatic heterocycles. The number of rotatable bonds is 9. The van der Waals surface area contributed by atoms with E-state index in [1.54, 1.807) is 0 Å². The Labute approximate surface area is 206 Å². The second-order valence-corrected chi connectivity index (χ2v) is 8.56. The normalized spacial score (nSPS) is 21.1. The summed E-state index contributed by atoms with van der Waals surface area (Å²) in [5.41, 5.74) is 1.33. The first kappa shape index (κ1) is 26.2. The summed E-state index contributed by atoms with van der Waals surface area (Å²) in [6, 6.07) is 11.3. The van der Waals surface area contributed by atoms with Gasteiger partial charge in [0.25, 0.3) is 0 Å². The molecular formula is C24H42IN5O. The molecule has 2 saturated heterocycles. The van der Waals surface area contributed by atoms with Gasteiger partial charge in [-0.1, -0.05) is 44.9 Å². The zero-order chi connectivity index (χ0) is 21.2. The van der Waals surface area contributed by atoms with Crippen LogP contribution in [-0.4, -0.2) is 76.4 Å². The molecule has 0 spiro atoms. The van der Waals surface area contributed by atoms with Gasteiger partial charge in [0.2, 0.25) is 0 Å². The van der Waals surface area contributed by atoms with Crippen LogP contribution in [0.5, 0.6) is 0 Å². The van der Waals surface area contributed by atoms with Crippen LogP contribution in [0.3, 0.4) is 0 Å². The minimum atomic E-state index is 0. The van der Waals surface area contributed by atoms with Crippen molar-refractivity contribution in [2.45, 2.75) is 39.2 Å². The number of halogens is 1. The third kappa shape index (κ3) is 7.79. The van der Waals surface area contributed by atoms with E-state index in [-0.39, 0.29) is 24.0 Å². The summed E-state index contributed by atoms with van der Waals surface area (Å²) in [5, 5.41) is 7.21. The number of nitrogens with one attached hydrogen (secondary N) is 2. The van der Waals surface area contributed by atoms with Crippen LogP contribution in [0.25, 0.3) is 0 Å². The zero-order valence-corrected chi connectivity index (χ0v) is 21.9.